The third-order valence-corrected chi connectivity index (χ3v) is 5.23. The maximum Gasteiger partial charge on any atom is 0.310 e. The molecule has 0 aliphatic rings. The van der Waals surface area contributed by atoms with Gasteiger partial charge in [-0.1, -0.05) is 30.3 Å². The molecular formula is C25H22FNO3. The summed E-state index contributed by atoms with van der Waals surface area (Å²) in [5.41, 5.74) is 4.63. The first-order chi connectivity index (χ1) is 14.6. The van der Waals surface area contributed by atoms with Crippen molar-refractivity contribution >= 4 is 16.9 Å². The average molecular weight is 403 g/mol. The molecule has 30 heavy (non-hydrogen) atoms. The Morgan fingerprint density at radius 3 is 2.37 bits per heavy atom. The Balaban J connectivity index is 2.01. The first-order valence-electron chi connectivity index (χ1n) is 9.66. The van der Waals surface area contributed by atoms with Crippen LogP contribution in [0.4, 0.5) is 4.39 Å². The van der Waals surface area contributed by atoms with Gasteiger partial charge in [-0.05, 0) is 59.2 Å². The van der Waals surface area contributed by atoms with Gasteiger partial charge in [0.05, 0.1) is 26.3 Å². The fourth-order valence-electron chi connectivity index (χ4n) is 3.79. The number of benzene rings is 3. The number of esters is 1. The van der Waals surface area contributed by atoms with Crippen molar-refractivity contribution in [3.8, 4) is 17.0 Å². The van der Waals surface area contributed by atoms with Gasteiger partial charge in [0, 0.05) is 17.4 Å². The second-order valence-corrected chi connectivity index (χ2v) is 7.04. The van der Waals surface area contributed by atoms with Crippen molar-refractivity contribution in [1.29, 1.82) is 0 Å². The topological polar surface area (TPSA) is 40.5 Å². The minimum Gasteiger partial charge on any atom is -0.497 e. The van der Waals surface area contributed by atoms with Crippen LogP contribution in [0.3, 0.4) is 0 Å². The largest absolute Gasteiger partial charge is 0.497 e. The van der Waals surface area contributed by atoms with Crippen molar-refractivity contribution in [1.82, 2.24) is 4.57 Å². The maximum absolute atomic E-state index is 13.6. The van der Waals surface area contributed by atoms with Crippen LogP contribution in [0.5, 0.6) is 5.75 Å². The van der Waals surface area contributed by atoms with Gasteiger partial charge in [0.2, 0.25) is 0 Å². The lowest BCUT2D eigenvalue weighted by molar-refractivity contribution is -0.139. The molecular weight excluding hydrogens is 381 g/mol. The van der Waals surface area contributed by atoms with Crippen LogP contribution in [0.15, 0.2) is 72.8 Å². The zero-order valence-corrected chi connectivity index (χ0v) is 16.9. The summed E-state index contributed by atoms with van der Waals surface area (Å²) in [4.78, 5) is 12.3. The van der Waals surface area contributed by atoms with Crippen LogP contribution in [-0.4, -0.2) is 24.8 Å². The number of halogens is 1. The highest BCUT2D eigenvalue weighted by atomic mass is 19.1. The Labute approximate surface area is 174 Å². The molecule has 0 saturated carbocycles. The summed E-state index contributed by atoms with van der Waals surface area (Å²) < 4.78 is 26.2. The number of carbonyl (C=O) groups excluding carboxylic acids is 1. The predicted octanol–water partition coefficient (Wildman–Crippen LogP) is 5.22. The molecule has 0 aliphatic carbocycles. The molecule has 3 aromatic carbocycles. The van der Waals surface area contributed by atoms with E-state index in [2.05, 4.69) is 16.7 Å². The van der Waals surface area contributed by atoms with Crippen LogP contribution in [0.1, 0.15) is 11.1 Å². The van der Waals surface area contributed by atoms with E-state index < -0.39 is 0 Å². The van der Waals surface area contributed by atoms with E-state index in [4.69, 9.17) is 9.47 Å². The molecule has 1 aromatic heterocycles. The average Bonchev–Trinajstić information content (AvgIpc) is 3.07. The van der Waals surface area contributed by atoms with E-state index in [1.54, 1.807) is 19.2 Å². The van der Waals surface area contributed by atoms with E-state index in [9.17, 15) is 9.18 Å². The van der Waals surface area contributed by atoms with Crippen molar-refractivity contribution in [2.75, 3.05) is 14.2 Å². The number of nitrogens with zero attached hydrogens (tertiary/aromatic N) is 1. The second-order valence-electron chi connectivity index (χ2n) is 7.04. The molecule has 0 spiro atoms. The van der Waals surface area contributed by atoms with Crippen molar-refractivity contribution in [3.63, 3.8) is 0 Å². The van der Waals surface area contributed by atoms with Gasteiger partial charge in [0.25, 0.3) is 0 Å². The van der Waals surface area contributed by atoms with Crippen molar-refractivity contribution < 1.29 is 18.7 Å². The zero-order valence-electron chi connectivity index (χ0n) is 16.9. The monoisotopic (exact) mass is 403 g/mol. The molecule has 0 saturated heterocycles. The van der Waals surface area contributed by atoms with Crippen LogP contribution < -0.4 is 4.74 Å². The molecule has 4 aromatic rings. The van der Waals surface area contributed by atoms with E-state index in [1.807, 2.05) is 36.4 Å². The number of aromatic nitrogens is 1. The van der Waals surface area contributed by atoms with E-state index in [1.165, 1.54) is 19.2 Å². The Morgan fingerprint density at radius 1 is 0.967 bits per heavy atom. The molecule has 152 valence electrons. The van der Waals surface area contributed by atoms with Gasteiger partial charge in [-0.2, -0.15) is 0 Å². The minimum absolute atomic E-state index is 0.106. The normalized spacial score (nSPS) is 10.9. The molecule has 0 aliphatic heterocycles. The Bertz CT molecular complexity index is 1180. The van der Waals surface area contributed by atoms with Gasteiger partial charge in [-0.3, -0.25) is 4.79 Å². The summed E-state index contributed by atoms with van der Waals surface area (Å²) in [6.45, 7) is 0.609. The van der Waals surface area contributed by atoms with Gasteiger partial charge in [-0.25, -0.2) is 4.39 Å². The molecule has 1 heterocycles. The quantitative estimate of drug-likeness (QED) is 0.415. The van der Waals surface area contributed by atoms with Gasteiger partial charge in [-0.15, -0.1) is 0 Å². The van der Waals surface area contributed by atoms with E-state index >= 15 is 0 Å². The van der Waals surface area contributed by atoms with Crippen LogP contribution in [-0.2, 0) is 22.5 Å². The molecule has 0 fully saturated rings. The number of fused-ring (bicyclic) bond motifs is 1. The molecule has 0 bridgehead atoms. The lowest BCUT2D eigenvalue weighted by Gasteiger charge is -2.13. The van der Waals surface area contributed by atoms with Crippen LogP contribution in [0.2, 0.25) is 0 Å². The standard InChI is InChI=1S/C25H22FNO3/c1-29-20-12-13-23-21(14-20)22(15-24(28)30-2)25(18-8-10-19(26)11-9-18)27(23)16-17-6-4-3-5-7-17/h3-14H,15-16H2,1-2H3. The fraction of sp³-hybridized carbons (Fsp3) is 0.160. The van der Waals surface area contributed by atoms with Gasteiger partial charge in [0.1, 0.15) is 11.6 Å². The second kappa shape index (κ2) is 8.41. The lowest BCUT2D eigenvalue weighted by atomic mass is 10.0. The van der Waals surface area contributed by atoms with Crippen LogP contribution in [0, 0.1) is 5.82 Å². The molecule has 0 unspecified atom stereocenters. The van der Waals surface area contributed by atoms with Crippen LogP contribution in [0.25, 0.3) is 22.2 Å². The smallest absolute Gasteiger partial charge is 0.310 e. The summed E-state index contributed by atoms with van der Waals surface area (Å²) in [6.07, 6.45) is 0.106. The number of rotatable bonds is 6. The van der Waals surface area contributed by atoms with Gasteiger partial charge < -0.3 is 14.0 Å². The maximum atomic E-state index is 13.6. The summed E-state index contributed by atoms with van der Waals surface area (Å²) in [5.74, 6) is 0.0664. The first kappa shape index (κ1) is 19.7. The number of ether oxygens (including phenoxy) is 2. The number of hydrogen-bond donors (Lipinski definition) is 0. The molecule has 5 heteroatoms. The summed E-state index contributed by atoms with van der Waals surface area (Å²) in [5, 5.41) is 0.912. The molecule has 0 atom stereocenters. The molecule has 4 rings (SSSR count). The highest BCUT2D eigenvalue weighted by Gasteiger charge is 2.22. The highest BCUT2D eigenvalue weighted by molar-refractivity contribution is 5.96. The summed E-state index contributed by atoms with van der Waals surface area (Å²) >= 11 is 0. The number of methoxy groups -OCH3 is 2. The predicted molar refractivity (Wildman–Crippen MR) is 115 cm³/mol. The Kier molecular flexibility index (Phi) is 5.53. The SMILES string of the molecule is COC(=O)Cc1c(-c2ccc(F)cc2)n(Cc2ccccc2)c2ccc(OC)cc12. The Hall–Kier alpha value is -3.60. The summed E-state index contributed by atoms with van der Waals surface area (Å²) in [7, 11) is 2.99. The molecule has 4 nitrogen and oxygen atoms in total. The first-order valence-corrected chi connectivity index (χ1v) is 9.66. The lowest BCUT2D eigenvalue weighted by Crippen LogP contribution is -2.07. The number of hydrogen-bond acceptors (Lipinski definition) is 3. The van der Waals surface area contributed by atoms with Crippen molar-refractivity contribution in [2.24, 2.45) is 0 Å². The third kappa shape index (κ3) is 3.79. The molecule has 0 amide bonds. The van der Waals surface area contributed by atoms with Gasteiger partial charge >= 0.3 is 5.97 Å². The van der Waals surface area contributed by atoms with E-state index in [0.29, 0.717) is 12.3 Å². The van der Waals surface area contributed by atoms with E-state index in [0.717, 1.165) is 33.3 Å². The van der Waals surface area contributed by atoms with E-state index in [-0.39, 0.29) is 18.2 Å². The zero-order chi connectivity index (χ0) is 21.1. The highest BCUT2D eigenvalue weighted by Crippen LogP contribution is 2.37. The van der Waals surface area contributed by atoms with Crippen LogP contribution >= 0.6 is 0 Å². The minimum atomic E-state index is -0.333. The molecule has 0 N–H and O–H groups in total. The number of carbonyl (C=O) groups is 1. The molecule has 0 radical (unpaired) electrons. The fourth-order valence-corrected chi connectivity index (χ4v) is 3.79. The summed E-state index contributed by atoms with van der Waals surface area (Å²) in [6, 6.07) is 22.3. The Morgan fingerprint density at radius 2 is 1.70 bits per heavy atom. The van der Waals surface area contributed by atoms with Gasteiger partial charge in [0.15, 0.2) is 0 Å². The van der Waals surface area contributed by atoms with Crippen molar-refractivity contribution in [2.45, 2.75) is 13.0 Å². The third-order valence-electron chi connectivity index (χ3n) is 5.23. The van der Waals surface area contributed by atoms with Crippen molar-refractivity contribution in [3.05, 3.63) is 89.7 Å².